The molecule has 0 spiro atoms. The van der Waals surface area contributed by atoms with E-state index in [1.54, 1.807) is 16.9 Å². The summed E-state index contributed by atoms with van der Waals surface area (Å²) in [5.74, 6) is 0. The van der Waals surface area contributed by atoms with Crippen LogP contribution in [-0.2, 0) is 0 Å². The van der Waals surface area contributed by atoms with Crippen LogP contribution in [0.1, 0.15) is 15.9 Å². The number of carbonyl (C=O) groups is 1. The molecule has 76 valence electrons. The maximum Gasteiger partial charge on any atom is 0.153 e. The number of aryl methyl sites for hydroxylation is 1. The highest BCUT2D eigenvalue weighted by molar-refractivity contribution is 6.30. The highest BCUT2D eigenvalue weighted by atomic mass is 35.5. The molecule has 0 N–H and O–H groups in total. The van der Waals surface area contributed by atoms with Crippen LogP contribution in [0.4, 0.5) is 0 Å². The van der Waals surface area contributed by atoms with Gasteiger partial charge in [0.05, 0.1) is 17.4 Å². The van der Waals surface area contributed by atoms with E-state index in [-0.39, 0.29) is 0 Å². The Hall–Kier alpha value is -1.61. The van der Waals surface area contributed by atoms with E-state index >= 15 is 0 Å². The predicted octanol–water partition coefficient (Wildman–Crippen LogP) is 2.65. The lowest BCUT2D eigenvalue weighted by Crippen LogP contribution is -1.96. The molecule has 1 aromatic heterocycles. The van der Waals surface area contributed by atoms with Gasteiger partial charge in [-0.2, -0.15) is 5.10 Å². The third kappa shape index (κ3) is 1.92. The second-order valence-corrected chi connectivity index (χ2v) is 3.70. The van der Waals surface area contributed by atoms with E-state index in [1.165, 1.54) is 6.20 Å². The van der Waals surface area contributed by atoms with Crippen LogP contribution in [0, 0.1) is 6.92 Å². The van der Waals surface area contributed by atoms with Gasteiger partial charge < -0.3 is 0 Å². The summed E-state index contributed by atoms with van der Waals surface area (Å²) in [6.45, 7) is 1.95. The number of carbonyl (C=O) groups excluding carboxylic acids is 1. The minimum absolute atomic E-state index is 0.560. The zero-order valence-corrected chi connectivity index (χ0v) is 8.90. The predicted molar refractivity (Wildman–Crippen MR) is 58.7 cm³/mol. The van der Waals surface area contributed by atoms with E-state index in [1.807, 2.05) is 19.1 Å². The first-order valence-corrected chi connectivity index (χ1v) is 4.85. The molecule has 0 radical (unpaired) electrons. The molecular formula is C11H9ClN2O. The van der Waals surface area contributed by atoms with Gasteiger partial charge in [0.1, 0.15) is 0 Å². The molecule has 0 unspecified atom stereocenters. The number of benzene rings is 1. The molecule has 4 heteroatoms. The number of halogens is 1. The summed E-state index contributed by atoms with van der Waals surface area (Å²) in [6, 6.07) is 5.53. The van der Waals surface area contributed by atoms with Crippen LogP contribution in [0.2, 0.25) is 5.02 Å². The molecule has 0 aliphatic carbocycles. The second-order valence-electron chi connectivity index (χ2n) is 3.27. The van der Waals surface area contributed by atoms with Gasteiger partial charge in [-0.05, 0) is 30.7 Å². The highest BCUT2D eigenvalue weighted by Crippen LogP contribution is 2.18. The molecule has 2 rings (SSSR count). The molecule has 0 saturated carbocycles. The van der Waals surface area contributed by atoms with Gasteiger partial charge in [0.15, 0.2) is 6.29 Å². The summed E-state index contributed by atoms with van der Waals surface area (Å²) in [5, 5.41) is 4.78. The van der Waals surface area contributed by atoms with E-state index in [4.69, 9.17) is 11.6 Å². The van der Waals surface area contributed by atoms with Gasteiger partial charge in [0, 0.05) is 11.2 Å². The first-order chi connectivity index (χ1) is 7.20. The Morgan fingerprint density at radius 1 is 1.47 bits per heavy atom. The number of rotatable bonds is 2. The minimum Gasteiger partial charge on any atom is -0.298 e. The molecule has 0 fully saturated rings. The van der Waals surface area contributed by atoms with Gasteiger partial charge in [-0.25, -0.2) is 4.68 Å². The van der Waals surface area contributed by atoms with E-state index in [0.29, 0.717) is 10.6 Å². The molecule has 0 bridgehead atoms. The maximum atomic E-state index is 10.5. The van der Waals surface area contributed by atoms with E-state index in [0.717, 1.165) is 17.5 Å². The Kier molecular flexibility index (Phi) is 2.56. The van der Waals surface area contributed by atoms with Crippen molar-refractivity contribution in [2.24, 2.45) is 0 Å². The molecule has 2 aromatic rings. The molecule has 0 aliphatic heterocycles. The fourth-order valence-corrected chi connectivity index (χ4v) is 1.63. The molecule has 1 aromatic carbocycles. The first kappa shape index (κ1) is 9.93. The van der Waals surface area contributed by atoms with Crippen LogP contribution in [-0.4, -0.2) is 16.1 Å². The third-order valence-electron chi connectivity index (χ3n) is 2.14. The van der Waals surface area contributed by atoms with Crippen LogP contribution in [0.25, 0.3) is 5.69 Å². The molecule has 0 atom stereocenters. The van der Waals surface area contributed by atoms with Gasteiger partial charge >= 0.3 is 0 Å². The molecule has 0 amide bonds. The average molecular weight is 221 g/mol. The normalized spacial score (nSPS) is 10.3. The average Bonchev–Trinajstić information content (AvgIpc) is 2.66. The molecule has 0 saturated heterocycles. The monoisotopic (exact) mass is 220 g/mol. The number of hydrogen-bond acceptors (Lipinski definition) is 2. The lowest BCUT2D eigenvalue weighted by atomic mass is 10.2. The quantitative estimate of drug-likeness (QED) is 0.730. The molecule has 1 heterocycles. The van der Waals surface area contributed by atoms with E-state index < -0.39 is 0 Å². The van der Waals surface area contributed by atoms with Crippen molar-refractivity contribution in [3.63, 3.8) is 0 Å². The van der Waals surface area contributed by atoms with Crippen molar-refractivity contribution in [1.82, 2.24) is 9.78 Å². The van der Waals surface area contributed by atoms with Crippen LogP contribution >= 0.6 is 11.6 Å². The van der Waals surface area contributed by atoms with Crippen LogP contribution in [0.3, 0.4) is 0 Å². The Morgan fingerprint density at radius 3 is 2.87 bits per heavy atom. The topological polar surface area (TPSA) is 34.9 Å². The Balaban J connectivity index is 2.49. The van der Waals surface area contributed by atoms with Gasteiger partial charge in [0.25, 0.3) is 0 Å². The fraction of sp³-hybridized carbons (Fsp3) is 0.0909. The number of aromatic nitrogens is 2. The standard InChI is InChI=1S/C11H9ClN2O/c1-8-4-10(12)2-3-11(8)14-6-9(7-15)5-13-14/h2-7H,1H3. The Morgan fingerprint density at radius 2 is 2.27 bits per heavy atom. The SMILES string of the molecule is Cc1cc(Cl)ccc1-n1cc(C=O)cn1. The van der Waals surface area contributed by atoms with Gasteiger partial charge in [0.2, 0.25) is 0 Å². The second kappa shape index (κ2) is 3.87. The Bertz CT molecular complexity index is 505. The van der Waals surface area contributed by atoms with Crippen molar-refractivity contribution < 1.29 is 4.79 Å². The number of aldehydes is 1. The molecule has 15 heavy (non-hydrogen) atoms. The van der Waals surface area contributed by atoms with Crippen molar-refractivity contribution in [3.05, 3.63) is 46.7 Å². The summed E-state index contributed by atoms with van der Waals surface area (Å²) in [6.07, 6.45) is 3.99. The minimum atomic E-state index is 0.560. The number of nitrogens with zero attached hydrogens (tertiary/aromatic N) is 2. The Labute approximate surface area is 92.3 Å². The van der Waals surface area contributed by atoms with Crippen molar-refractivity contribution in [3.8, 4) is 5.69 Å². The molecule has 3 nitrogen and oxygen atoms in total. The maximum absolute atomic E-state index is 10.5. The van der Waals surface area contributed by atoms with Gasteiger partial charge in [-0.15, -0.1) is 0 Å². The zero-order valence-electron chi connectivity index (χ0n) is 8.14. The first-order valence-electron chi connectivity index (χ1n) is 4.47. The van der Waals surface area contributed by atoms with E-state index in [9.17, 15) is 4.79 Å². The summed E-state index contributed by atoms with van der Waals surface area (Å²) in [7, 11) is 0. The zero-order chi connectivity index (χ0) is 10.8. The lowest BCUT2D eigenvalue weighted by molar-refractivity contribution is 0.112. The summed E-state index contributed by atoms with van der Waals surface area (Å²) >= 11 is 5.85. The summed E-state index contributed by atoms with van der Waals surface area (Å²) in [4.78, 5) is 10.5. The van der Waals surface area contributed by atoms with Crippen molar-refractivity contribution >= 4 is 17.9 Å². The highest BCUT2D eigenvalue weighted by Gasteiger charge is 2.03. The summed E-state index contributed by atoms with van der Waals surface area (Å²) in [5.41, 5.74) is 2.50. The molecule has 0 aliphatic rings. The van der Waals surface area contributed by atoms with Crippen molar-refractivity contribution in [2.75, 3.05) is 0 Å². The van der Waals surface area contributed by atoms with Gasteiger partial charge in [-0.3, -0.25) is 4.79 Å². The van der Waals surface area contributed by atoms with E-state index in [2.05, 4.69) is 5.10 Å². The van der Waals surface area contributed by atoms with Crippen LogP contribution in [0.5, 0.6) is 0 Å². The van der Waals surface area contributed by atoms with Crippen LogP contribution in [0.15, 0.2) is 30.6 Å². The lowest BCUT2D eigenvalue weighted by Gasteiger charge is -2.05. The van der Waals surface area contributed by atoms with Crippen molar-refractivity contribution in [1.29, 1.82) is 0 Å². The smallest absolute Gasteiger partial charge is 0.153 e. The number of hydrogen-bond donors (Lipinski definition) is 0. The molecular weight excluding hydrogens is 212 g/mol. The van der Waals surface area contributed by atoms with Crippen molar-refractivity contribution in [2.45, 2.75) is 6.92 Å². The third-order valence-corrected chi connectivity index (χ3v) is 2.38. The van der Waals surface area contributed by atoms with Crippen LogP contribution < -0.4 is 0 Å². The van der Waals surface area contributed by atoms with Gasteiger partial charge in [-0.1, -0.05) is 11.6 Å². The fourth-order valence-electron chi connectivity index (χ4n) is 1.41. The largest absolute Gasteiger partial charge is 0.298 e. The summed E-state index contributed by atoms with van der Waals surface area (Å²) < 4.78 is 1.66.